The van der Waals surface area contributed by atoms with Crippen LogP contribution in [0.25, 0.3) is 0 Å². The number of hydrogen-bond donors (Lipinski definition) is 3. The van der Waals surface area contributed by atoms with Gasteiger partial charge in [0.15, 0.2) is 0 Å². The smallest absolute Gasteiger partial charge is 0.267 e. The molecule has 0 saturated carbocycles. The molecule has 0 bridgehead atoms. The summed E-state index contributed by atoms with van der Waals surface area (Å²) in [6, 6.07) is 4.27. The second-order valence-corrected chi connectivity index (χ2v) is 4.68. The Balaban J connectivity index is 1.99. The zero-order chi connectivity index (χ0) is 12.8. The topological polar surface area (TPSA) is 72.1 Å². The van der Waals surface area contributed by atoms with E-state index in [1.165, 1.54) is 0 Å². The number of nitrogens with one attached hydrogen (secondary N) is 2. The van der Waals surface area contributed by atoms with E-state index in [1.807, 2.05) is 18.3 Å². The van der Waals surface area contributed by atoms with Crippen molar-refractivity contribution in [2.75, 3.05) is 26.2 Å². The van der Waals surface area contributed by atoms with Crippen molar-refractivity contribution in [3.63, 3.8) is 0 Å². The molecule has 1 aliphatic rings. The van der Waals surface area contributed by atoms with E-state index in [-0.39, 0.29) is 5.91 Å². The normalized spacial score (nSPS) is 16.7. The summed E-state index contributed by atoms with van der Waals surface area (Å²) in [5.41, 5.74) is 6.18. The highest BCUT2D eigenvalue weighted by atomic mass is 16.1. The molecule has 5 nitrogen and oxygen atoms in total. The van der Waals surface area contributed by atoms with Crippen LogP contribution >= 0.6 is 0 Å². The predicted octanol–water partition coefficient (Wildman–Crippen LogP) is 0.491. The number of hydrogen-bond acceptors (Lipinski definition) is 3. The van der Waals surface area contributed by atoms with Gasteiger partial charge in [0.2, 0.25) is 0 Å². The second kappa shape index (κ2) is 6.56. The van der Waals surface area contributed by atoms with Gasteiger partial charge in [0.1, 0.15) is 5.69 Å². The molecule has 0 atom stereocenters. The molecule has 1 aliphatic heterocycles. The maximum atomic E-state index is 12.1. The van der Waals surface area contributed by atoms with Crippen LogP contribution in [0.4, 0.5) is 0 Å². The van der Waals surface area contributed by atoms with Crippen molar-refractivity contribution in [1.29, 1.82) is 0 Å². The number of amides is 1. The number of nitrogens with two attached hydrogens (primary N) is 1. The number of piperidine rings is 1. The van der Waals surface area contributed by atoms with Crippen LogP contribution in [-0.4, -0.2) is 36.7 Å². The van der Waals surface area contributed by atoms with E-state index >= 15 is 0 Å². The van der Waals surface area contributed by atoms with Crippen molar-refractivity contribution in [3.05, 3.63) is 24.0 Å². The average Bonchev–Trinajstić information content (AvgIpc) is 2.89. The van der Waals surface area contributed by atoms with Crippen LogP contribution in [0.1, 0.15) is 35.8 Å². The first-order valence-corrected chi connectivity index (χ1v) is 6.68. The molecule has 5 heteroatoms. The molecule has 0 spiro atoms. The first-order chi connectivity index (χ1) is 8.83. The largest absolute Gasteiger partial charge is 0.351 e. The third-order valence-electron chi connectivity index (χ3n) is 3.38. The minimum atomic E-state index is 0.00647. The van der Waals surface area contributed by atoms with Crippen LogP contribution in [0.15, 0.2) is 18.3 Å². The lowest BCUT2D eigenvalue weighted by atomic mass is 10.1. The van der Waals surface area contributed by atoms with E-state index in [0.717, 1.165) is 38.0 Å². The standard InChI is InChI=1S/C13H22N4O/c14-6-2-7-16-13(18)12-3-1-10-17(12)11-4-8-15-9-5-11/h1,3,10-11,15H,2,4-9,14H2,(H,16,18). The summed E-state index contributed by atoms with van der Waals surface area (Å²) in [6.45, 7) is 3.30. The molecular weight excluding hydrogens is 228 g/mol. The van der Waals surface area contributed by atoms with Crippen LogP contribution in [0.5, 0.6) is 0 Å². The molecule has 2 rings (SSSR count). The molecule has 1 aromatic rings. The monoisotopic (exact) mass is 250 g/mol. The van der Waals surface area contributed by atoms with Crippen molar-refractivity contribution in [1.82, 2.24) is 15.2 Å². The van der Waals surface area contributed by atoms with Gasteiger partial charge < -0.3 is 20.9 Å². The molecule has 18 heavy (non-hydrogen) atoms. The highest BCUT2D eigenvalue weighted by Gasteiger charge is 2.19. The van der Waals surface area contributed by atoms with E-state index in [1.54, 1.807) is 0 Å². The fourth-order valence-corrected chi connectivity index (χ4v) is 2.38. The number of aromatic nitrogens is 1. The van der Waals surface area contributed by atoms with E-state index in [9.17, 15) is 4.79 Å². The van der Waals surface area contributed by atoms with Gasteiger partial charge in [0, 0.05) is 18.8 Å². The molecule has 4 N–H and O–H groups in total. The lowest BCUT2D eigenvalue weighted by molar-refractivity contribution is 0.0940. The Morgan fingerprint density at radius 1 is 1.50 bits per heavy atom. The summed E-state index contributed by atoms with van der Waals surface area (Å²) >= 11 is 0. The highest BCUT2D eigenvalue weighted by Crippen LogP contribution is 2.21. The Labute approximate surface area is 108 Å². The lowest BCUT2D eigenvalue weighted by Crippen LogP contribution is -2.33. The van der Waals surface area contributed by atoms with Gasteiger partial charge in [-0.3, -0.25) is 4.79 Å². The molecule has 1 fully saturated rings. The van der Waals surface area contributed by atoms with E-state index < -0.39 is 0 Å². The highest BCUT2D eigenvalue weighted by molar-refractivity contribution is 5.92. The molecular formula is C13H22N4O. The second-order valence-electron chi connectivity index (χ2n) is 4.68. The third-order valence-corrected chi connectivity index (χ3v) is 3.38. The van der Waals surface area contributed by atoms with Gasteiger partial charge in [0.05, 0.1) is 0 Å². The molecule has 0 aliphatic carbocycles. The number of carbonyl (C=O) groups excluding carboxylic acids is 1. The molecule has 0 radical (unpaired) electrons. The molecule has 100 valence electrons. The van der Waals surface area contributed by atoms with Gasteiger partial charge in [-0.05, 0) is 51.0 Å². The van der Waals surface area contributed by atoms with Crippen molar-refractivity contribution in [2.45, 2.75) is 25.3 Å². The summed E-state index contributed by atoms with van der Waals surface area (Å²) in [7, 11) is 0. The molecule has 2 heterocycles. The number of rotatable bonds is 5. The summed E-state index contributed by atoms with van der Waals surface area (Å²) in [4.78, 5) is 12.1. The van der Waals surface area contributed by atoms with Crippen molar-refractivity contribution >= 4 is 5.91 Å². The van der Waals surface area contributed by atoms with Crippen molar-refractivity contribution < 1.29 is 4.79 Å². The van der Waals surface area contributed by atoms with E-state index in [2.05, 4.69) is 15.2 Å². The zero-order valence-electron chi connectivity index (χ0n) is 10.7. The molecule has 1 amide bonds. The fourth-order valence-electron chi connectivity index (χ4n) is 2.38. The number of nitrogens with zero attached hydrogens (tertiary/aromatic N) is 1. The average molecular weight is 250 g/mol. The van der Waals surface area contributed by atoms with Crippen LogP contribution in [0.3, 0.4) is 0 Å². The zero-order valence-corrected chi connectivity index (χ0v) is 10.7. The Morgan fingerprint density at radius 2 is 2.28 bits per heavy atom. The van der Waals surface area contributed by atoms with Crippen molar-refractivity contribution in [3.8, 4) is 0 Å². The Hall–Kier alpha value is -1.33. The predicted molar refractivity (Wildman–Crippen MR) is 71.6 cm³/mol. The number of carbonyl (C=O) groups is 1. The van der Waals surface area contributed by atoms with E-state index in [4.69, 9.17) is 5.73 Å². The van der Waals surface area contributed by atoms with Crippen LogP contribution in [0.2, 0.25) is 0 Å². The van der Waals surface area contributed by atoms with Gasteiger partial charge in [-0.1, -0.05) is 0 Å². The van der Waals surface area contributed by atoms with Crippen LogP contribution < -0.4 is 16.4 Å². The molecule has 1 saturated heterocycles. The van der Waals surface area contributed by atoms with E-state index in [0.29, 0.717) is 19.1 Å². The van der Waals surface area contributed by atoms with Gasteiger partial charge in [0.25, 0.3) is 5.91 Å². The Morgan fingerprint density at radius 3 is 3.00 bits per heavy atom. The van der Waals surface area contributed by atoms with Gasteiger partial charge in [-0.25, -0.2) is 0 Å². The summed E-state index contributed by atoms with van der Waals surface area (Å²) in [6.07, 6.45) is 4.99. The van der Waals surface area contributed by atoms with Crippen LogP contribution in [-0.2, 0) is 0 Å². The maximum absolute atomic E-state index is 12.1. The minimum Gasteiger partial charge on any atom is -0.351 e. The van der Waals surface area contributed by atoms with Gasteiger partial charge >= 0.3 is 0 Å². The van der Waals surface area contributed by atoms with Crippen molar-refractivity contribution in [2.24, 2.45) is 5.73 Å². The molecule has 0 aromatic carbocycles. The van der Waals surface area contributed by atoms with Crippen LogP contribution in [0, 0.1) is 0 Å². The lowest BCUT2D eigenvalue weighted by Gasteiger charge is -2.25. The minimum absolute atomic E-state index is 0.00647. The SMILES string of the molecule is NCCCNC(=O)c1cccn1C1CCNCC1. The Kier molecular flexibility index (Phi) is 4.78. The summed E-state index contributed by atoms with van der Waals surface area (Å²) < 4.78 is 2.11. The van der Waals surface area contributed by atoms with Gasteiger partial charge in [-0.15, -0.1) is 0 Å². The Bertz CT molecular complexity index is 382. The molecule has 0 unspecified atom stereocenters. The van der Waals surface area contributed by atoms with Gasteiger partial charge in [-0.2, -0.15) is 0 Å². The first kappa shape index (κ1) is 13.1. The molecule has 1 aromatic heterocycles. The quantitative estimate of drug-likeness (QED) is 0.666. The fraction of sp³-hybridized carbons (Fsp3) is 0.615. The maximum Gasteiger partial charge on any atom is 0.267 e. The summed E-state index contributed by atoms with van der Waals surface area (Å²) in [5, 5.41) is 6.25. The first-order valence-electron chi connectivity index (χ1n) is 6.68. The summed E-state index contributed by atoms with van der Waals surface area (Å²) in [5.74, 6) is 0.00647. The third kappa shape index (κ3) is 3.11.